The van der Waals surface area contributed by atoms with E-state index in [0.29, 0.717) is 5.56 Å². The summed E-state index contributed by atoms with van der Waals surface area (Å²) in [7, 11) is 0. The predicted molar refractivity (Wildman–Crippen MR) is 61.0 cm³/mol. The van der Waals surface area contributed by atoms with Crippen LogP contribution in [0, 0.1) is 11.2 Å². The fourth-order valence-corrected chi connectivity index (χ4v) is 1.33. The Morgan fingerprint density at radius 1 is 1.65 bits per heavy atom. The smallest absolute Gasteiger partial charge is 0.351 e. The topological polar surface area (TPSA) is 90.4 Å². The van der Waals surface area contributed by atoms with E-state index >= 15 is 0 Å². The minimum absolute atomic E-state index is 0.175. The van der Waals surface area contributed by atoms with Crippen LogP contribution in [0.2, 0.25) is 0 Å². The Kier molecular flexibility index (Phi) is 4.30. The number of nitrogens with two attached hydrogens (primary N) is 1. The first-order valence-electron chi connectivity index (χ1n) is 4.99. The molecule has 1 aromatic rings. The molecule has 0 heterocycles. The van der Waals surface area contributed by atoms with Crippen molar-refractivity contribution in [3.8, 4) is 0 Å². The zero-order valence-corrected chi connectivity index (χ0v) is 9.35. The fourth-order valence-electron chi connectivity index (χ4n) is 1.33. The van der Waals surface area contributed by atoms with Crippen LogP contribution in [0.1, 0.15) is 12.5 Å². The fraction of sp³-hybridized carbons (Fsp3) is 0.273. The average molecular weight is 239 g/mol. The molecule has 1 rings (SSSR count). The van der Waals surface area contributed by atoms with Crippen molar-refractivity contribution in [3.05, 3.63) is 35.6 Å². The lowest BCUT2D eigenvalue weighted by molar-refractivity contribution is -0.129. The summed E-state index contributed by atoms with van der Waals surface area (Å²) in [5.41, 5.74) is 0.126. The molecule has 0 aromatic heterocycles. The van der Waals surface area contributed by atoms with Gasteiger partial charge in [-0.2, -0.15) is 0 Å². The van der Waals surface area contributed by atoms with Gasteiger partial charge in [-0.15, -0.1) is 0 Å². The molecule has 5 nitrogen and oxygen atoms in total. The first-order valence-corrected chi connectivity index (χ1v) is 4.99. The van der Waals surface area contributed by atoms with Crippen LogP contribution < -0.4 is 5.84 Å². The highest BCUT2D eigenvalue weighted by atomic mass is 19.1. The van der Waals surface area contributed by atoms with Crippen molar-refractivity contribution >= 4 is 11.7 Å². The van der Waals surface area contributed by atoms with E-state index in [9.17, 15) is 9.18 Å². The van der Waals surface area contributed by atoms with Crippen LogP contribution in [0.15, 0.2) is 24.3 Å². The molecule has 1 atom stereocenters. The number of aliphatic carboxylic acids is 1. The molecule has 0 spiro atoms. The van der Waals surface area contributed by atoms with E-state index in [1.165, 1.54) is 24.1 Å². The summed E-state index contributed by atoms with van der Waals surface area (Å²) in [6.45, 7) is 1.68. The van der Waals surface area contributed by atoms with Crippen LogP contribution in [0.3, 0.4) is 0 Å². The Hall–Kier alpha value is -1.79. The quantitative estimate of drug-likeness (QED) is 0.406. The standard InChI is InChI=1S/C11H14FN3O2/c1-7(10(13)11(16)17)15(14)6-8-3-2-4-9(12)5-8/h2-5,7,13H,6,14H2,1H3,(H,16,17). The van der Waals surface area contributed by atoms with Gasteiger partial charge in [-0.3, -0.25) is 11.3 Å². The maximum absolute atomic E-state index is 12.9. The van der Waals surface area contributed by atoms with Crippen LogP contribution in [0.25, 0.3) is 0 Å². The molecular weight excluding hydrogens is 225 g/mol. The first-order chi connectivity index (χ1) is 7.91. The summed E-state index contributed by atoms with van der Waals surface area (Å²) < 4.78 is 12.9. The molecule has 0 saturated heterocycles. The van der Waals surface area contributed by atoms with E-state index in [0.717, 1.165) is 0 Å². The van der Waals surface area contributed by atoms with E-state index in [1.807, 2.05) is 0 Å². The number of carbonyl (C=O) groups is 1. The van der Waals surface area contributed by atoms with Crippen LogP contribution in [-0.2, 0) is 11.3 Å². The molecule has 0 bridgehead atoms. The molecule has 1 aromatic carbocycles. The molecule has 6 heteroatoms. The lowest BCUT2D eigenvalue weighted by Crippen LogP contribution is -2.45. The predicted octanol–water partition coefficient (Wildman–Crippen LogP) is 0.994. The van der Waals surface area contributed by atoms with E-state index in [2.05, 4.69) is 0 Å². The number of nitrogens with one attached hydrogen (secondary N) is 1. The zero-order chi connectivity index (χ0) is 13.0. The van der Waals surface area contributed by atoms with Gasteiger partial charge < -0.3 is 5.11 Å². The van der Waals surface area contributed by atoms with E-state index < -0.39 is 17.7 Å². The minimum atomic E-state index is -1.31. The highest BCUT2D eigenvalue weighted by Crippen LogP contribution is 2.07. The van der Waals surface area contributed by atoms with Crippen molar-refractivity contribution in [2.75, 3.05) is 0 Å². The molecule has 4 N–H and O–H groups in total. The van der Waals surface area contributed by atoms with Crippen molar-refractivity contribution in [2.24, 2.45) is 5.84 Å². The number of benzene rings is 1. The molecule has 0 aliphatic rings. The average Bonchev–Trinajstić information content (AvgIpc) is 2.26. The second-order valence-corrected chi connectivity index (χ2v) is 3.70. The second-order valence-electron chi connectivity index (χ2n) is 3.70. The van der Waals surface area contributed by atoms with Crippen molar-refractivity contribution in [3.63, 3.8) is 0 Å². The largest absolute Gasteiger partial charge is 0.477 e. The summed E-state index contributed by atoms with van der Waals surface area (Å²) in [5, 5.41) is 17.1. The molecule has 0 amide bonds. The van der Waals surface area contributed by atoms with Gasteiger partial charge in [0.2, 0.25) is 0 Å². The van der Waals surface area contributed by atoms with E-state index in [1.54, 1.807) is 12.1 Å². The highest BCUT2D eigenvalue weighted by Gasteiger charge is 2.20. The third-order valence-corrected chi connectivity index (χ3v) is 2.40. The number of hydrazine groups is 1. The molecule has 0 aliphatic heterocycles. The monoisotopic (exact) mass is 239 g/mol. The Morgan fingerprint density at radius 3 is 2.82 bits per heavy atom. The number of carboxylic acids is 1. The lowest BCUT2D eigenvalue weighted by Gasteiger charge is -2.23. The van der Waals surface area contributed by atoms with Gasteiger partial charge in [-0.1, -0.05) is 12.1 Å². The van der Waals surface area contributed by atoms with Gasteiger partial charge in [0.1, 0.15) is 11.5 Å². The summed E-state index contributed by atoms with van der Waals surface area (Å²) >= 11 is 0. The van der Waals surface area contributed by atoms with Gasteiger partial charge in [0.25, 0.3) is 0 Å². The van der Waals surface area contributed by atoms with Gasteiger partial charge in [-0.05, 0) is 24.6 Å². The number of rotatable bonds is 5. The number of carboxylic acid groups (broad SMARTS) is 1. The van der Waals surface area contributed by atoms with Crippen LogP contribution in [0.5, 0.6) is 0 Å². The van der Waals surface area contributed by atoms with Crippen LogP contribution >= 0.6 is 0 Å². The molecule has 92 valence electrons. The maximum atomic E-state index is 12.9. The molecular formula is C11H14FN3O2. The summed E-state index contributed by atoms with van der Waals surface area (Å²) in [6, 6.07) is 5.12. The summed E-state index contributed by atoms with van der Waals surface area (Å²) in [5.74, 6) is 3.95. The Morgan fingerprint density at radius 2 is 2.29 bits per heavy atom. The van der Waals surface area contributed by atoms with E-state index in [4.69, 9.17) is 16.4 Å². The lowest BCUT2D eigenvalue weighted by atomic mass is 10.1. The molecule has 0 fully saturated rings. The Bertz CT molecular complexity index is 436. The molecule has 1 unspecified atom stereocenters. The normalized spacial score (nSPS) is 12.5. The third kappa shape index (κ3) is 3.61. The SMILES string of the molecule is CC(C(=N)C(=O)O)N(N)Cc1cccc(F)c1. The van der Waals surface area contributed by atoms with Gasteiger partial charge in [0.15, 0.2) is 0 Å². The first kappa shape index (κ1) is 13.3. The Labute approximate surface area is 98.1 Å². The molecule has 17 heavy (non-hydrogen) atoms. The van der Waals surface area contributed by atoms with Crippen molar-refractivity contribution in [1.82, 2.24) is 5.01 Å². The maximum Gasteiger partial charge on any atom is 0.351 e. The number of hydrogen-bond donors (Lipinski definition) is 3. The zero-order valence-electron chi connectivity index (χ0n) is 9.35. The van der Waals surface area contributed by atoms with Crippen molar-refractivity contribution < 1.29 is 14.3 Å². The highest BCUT2D eigenvalue weighted by molar-refractivity contribution is 6.36. The van der Waals surface area contributed by atoms with Crippen LogP contribution in [-0.4, -0.2) is 27.8 Å². The van der Waals surface area contributed by atoms with Crippen molar-refractivity contribution in [1.29, 1.82) is 5.41 Å². The van der Waals surface area contributed by atoms with Gasteiger partial charge in [-0.25, -0.2) is 14.2 Å². The number of nitrogens with zero attached hydrogens (tertiary/aromatic N) is 1. The van der Waals surface area contributed by atoms with Gasteiger partial charge >= 0.3 is 5.97 Å². The minimum Gasteiger partial charge on any atom is -0.477 e. The number of hydrogen-bond acceptors (Lipinski definition) is 4. The van der Waals surface area contributed by atoms with Gasteiger partial charge in [0.05, 0.1) is 6.04 Å². The Balaban J connectivity index is 2.69. The van der Waals surface area contributed by atoms with Crippen molar-refractivity contribution in [2.45, 2.75) is 19.5 Å². The second kappa shape index (κ2) is 5.51. The summed E-state index contributed by atoms with van der Waals surface area (Å²) in [4.78, 5) is 10.6. The third-order valence-electron chi connectivity index (χ3n) is 2.40. The molecule has 0 aliphatic carbocycles. The van der Waals surface area contributed by atoms with Crippen LogP contribution in [0.4, 0.5) is 4.39 Å². The summed E-state index contributed by atoms with van der Waals surface area (Å²) in [6.07, 6.45) is 0. The van der Waals surface area contributed by atoms with E-state index in [-0.39, 0.29) is 12.4 Å². The molecule has 0 saturated carbocycles. The van der Waals surface area contributed by atoms with Gasteiger partial charge in [0, 0.05) is 6.54 Å². The molecule has 0 radical (unpaired) electrons. The number of halogens is 1.